The average Bonchev–Trinajstić information content (AvgIpc) is 2.92. The number of hydrogen-bond donors (Lipinski definition) is 2. The highest BCUT2D eigenvalue weighted by Crippen LogP contribution is 2.21. The van der Waals surface area contributed by atoms with Crippen molar-refractivity contribution in [2.45, 2.75) is 44.6 Å². The molecule has 1 atom stereocenters. The average molecular weight is 370 g/mol. The molecule has 1 aromatic rings. The van der Waals surface area contributed by atoms with Gasteiger partial charge in [-0.1, -0.05) is 24.4 Å². The van der Waals surface area contributed by atoms with E-state index in [0.29, 0.717) is 22.8 Å². The van der Waals surface area contributed by atoms with E-state index in [1.54, 1.807) is 0 Å². The lowest BCUT2D eigenvalue weighted by atomic mass is 10.2. The van der Waals surface area contributed by atoms with Gasteiger partial charge in [0, 0.05) is 32.3 Å². The molecule has 0 amide bonds. The number of anilines is 2. The molecule has 0 spiro atoms. The maximum atomic E-state index is 6.17. The standard InChI is InChI=1S/C16H24ClN5OS/c17-13-10-14(22-7-3-1-2-4-8-22)20-15(19-13)21-16(24)18-11-12-6-5-9-23-12/h10,12H,1-9,11H2,(H2,18,19,20,21,24). The third kappa shape index (κ3) is 5.16. The van der Waals surface area contributed by atoms with Crippen LogP contribution >= 0.6 is 23.8 Å². The van der Waals surface area contributed by atoms with Gasteiger partial charge in [-0.25, -0.2) is 4.98 Å². The first-order chi connectivity index (χ1) is 11.7. The Balaban J connectivity index is 1.59. The number of ether oxygens (including phenoxy) is 1. The monoisotopic (exact) mass is 369 g/mol. The van der Waals surface area contributed by atoms with Gasteiger partial charge in [0.2, 0.25) is 5.95 Å². The van der Waals surface area contributed by atoms with Crippen LogP contribution in [-0.4, -0.2) is 47.4 Å². The van der Waals surface area contributed by atoms with Crippen molar-refractivity contribution in [3.05, 3.63) is 11.2 Å². The molecule has 6 nitrogen and oxygen atoms in total. The van der Waals surface area contributed by atoms with Gasteiger partial charge in [-0.3, -0.25) is 0 Å². The second-order valence-electron chi connectivity index (χ2n) is 6.24. The first kappa shape index (κ1) is 17.6. The fourth-order valence-electron chi connectivity index (χ4n) is 3.08. The van der Waals surface area contributed by atoms with Gasteiger partial charge in [0.25, 0.3) is 0 Å². The van der Waals surface area contributed by atoms with Crippen LogP contribution in [0, 0.1) is 0 Å². The number of nitrogens with zero attached hydrogens (tertiary/aromatic N) is 3. The van der Waals surface area contributed by atoms with Crippen LogP contribution in [-0.2, 0) is 4.74 Å². The van der Waals surface area contributed by atoms with Crippen LogP contribution in [0.3, 0.4) is 0 Å². The molecule has 0 aliphatic carbocycles. The molecule has 3 rings (SSSR count). The first-order valence-corrected chi connectivity index (χ1v) is 9.45. The van der Waals surface area contributed by atoms with E-state index >= 15 is 0 Å². The fraction of sp³-hybridized carbons (Fsp3) is 0.688. The molecule has 8 heteroatoms. The Bertz CT molecular complexity index is 559. The maximum absolute atomic E-state index is 6.17. The molecule has 1 unspecified atom stereocenters. The zero-order chi connectivity index (χ0) is 16.8. The summed E-state index contributed by atoms with van der Waals surface area (Å²) in [7, 11) is 0. The summed E-state index contributed by atoms with van der Waals surface area (Å²) in [5.41, 5.74) is 0. The lowest BCUT2D eigenvalue weighted by Gasteiger charge is -2.22. The number of hydrogen-bond acceptors (Lipinski definition) is 5. The highest BCUT2D eigenvalue weighted by atomic mass is 35.5. The van der Waals surface area contributed by atoms with E-state index in [9.17, 15) is 0 Å². The van der Waals surface area contributed by atoms with E-state index in [1.165, 1.54) is 25.7 Å². The van der Waals surface area contributed by atoms with E-state index in [2.05, 4.69) is 25.5 Å². The normalized spacial score (nSPS) is 21.4. The van der Waals surface area contributed by atoms with Crippen molar-refractivity contribution >= 4 is 40.7 Å². The number of thiocarbonyl (C=S) groups is 1. The number of nitrogens with one attached hydrogen (secondary N) is 2. The smallest absolute Gasteiger partial charge is 0.232 e. The summed E-state index contributed by atoms with van der Waals surface area (Å²) in [5.74, 6) is 1.30. The van der Waals surface area contributed by atoms with Gasteiger partial charge in [0.15, 0.2) is 5.11 Å². The maximum Gasteiger partial charge on any atom is 0.232 e. The van der Waals surface area contributed by atoms with Crippen molar-refractivity contribution in [2.75, 3.05) is 36.5 Å². The number of rotatable bonds is 4. The largest absolute Gasteiger partial charge is 0.376 e. The minimum atomic E-state index is 0.234. The molecule has 2 aliphatic rings. The van der Waals surface area contributed by atoms with Gasteiger partial charge in [0.05, 0.1) is 6.10 Å². The third-order valence-electron chi connectivity index (χ3n) is 4.35. The van der Waals surface area contributed by atoms with Crippen molar-refractivity contribution < 1.29 is 4.74 Å². The lowest BCUT2D eigenvalue weighted by molar-refractivity contribution is 0.114. The Kier molecular flexibility index (Phi) is 6.45. The minimum absolute atomic E-state index is 0.234. The molecule has 2 fully saturated rings. The molecule has 0 aromatic carbocycles. The quantitative estimate of drug-likeness (QED) is 0.624. The summed E-state index contributed by atoms with van der Waals surface area (Å²) >= 11 is 11.5. The van der Waals surface area contributed by atoms with Crippen LogP contribution < -0.4 is 15.5 Å². The molecular weight excluding hydrogens is 346 g/mol. The second-order valence-corrected chi connectivity index (χ2v) is 7.04. The summed E-state index contributed by atoms with van der Waals surface area (Å²) in [6.45, 7) is 3.55. The van der Waals surface area contributed by atoms with Crippen LogP contribution in [0.2, 0.25) is 5.15 Å². The molecule has 132 valence electrons. The fourth-order valence-corrected chi connectivity index (χ4v) is 3.43. The van der Waals surface area contributed by atoms with Gasteiger partial charge in [-0.15, -0.1) is 0 Å². The highest BCUT2D eigenvalue weighted by Gasteiger charge is 2.16. The van der Waals surface area contributed by atoms with Crippen molar-refractivity contribution in [2.24, 2.45) is 0 Å². The molecule has 24 heavy (non-hydrogen) atoms. The Labute approximate surface area is 153 Å². The molecule has 2 aliphatic heterocycles. The predicted molar refractivity (Wildman–Crippen MR) is 101 cm³/mol. The first-order valence-electron chi connectivity index (χ1n) is 8.67. The summed E-state index contributed by atoms with van der Waals surface area (Å²) in [6.07, 6.45) is 7.34. The zero-order valence-corrected chi connectivity index (χ0v) is 15.3. The highest BCUT2D eigenvalue weighted by molar-refractivity contribution is 7.80. The molecule has 3 heterocycles. The van der Waals surface area contributed by atoms with Crippen LogP contribution in [0.1, 0.15) is 38.5 Å². The molecule has 2 saturated heterocycles. The van der Waals surface area contributed by atoms with Crippen molar-refractivity contribution in [1.82, 2.24) is 15.3 Å². The molecule has 1 aromatic heterocycles. The molecule has 0 bridgehead atoms. The summed E-state index contributed by atoms with van der Waals surface area (Å²) in [4.78, 5) is 11.1. The van der Waals surface area contributed by atoms with Gasteiger partial charge in [-0.2, -0.15) is 4.98 Å². The minimum Gasteiger partial charge on any atom is -0.376 e. The molecule has 2 N–H and O–H groups in total. The van der Waals surface area contributed by atoms with E-state index in [0.717, 1.165) is 38.4 Å². The molecular formula is C16H24ClN5OS. The Morgan fingerprint density at radius 3 is 2.75 bits per heavy atom. The van der Waals surface area contributed by atoms with Crippen molar-refractivity contribution in [1.29, 1.82) is 0 Å². The summed E-state index contributed by atoms with van der Waals surface area (Å²) < 4.78 is 5.57. The Hall–Kier alpha value is -1.18. The second kappa shape index (κ2) is 8.78. The van der Waals surface area contributed by atoms with Gasteiger partial charge in [0.1, 0.15) is 11.0 Å². The summed E-state index contributed by atoms with van der Waals surface area (Å²) in [6, 6.07) is 1.82. The van der Waals surface area contributed by atoms with Crippen LogP contribution in [0.25, 0.3) is 0 Å². The molecule has 0 saturated carbocycles. The van der Waals surface area contributed by atoms with Crippen molar-refractivity contribution in [3.63, 3.8) is 0 Å². The van der Waals surface area contributed by atoms with Gasteiger partial charge in [-0.05, 0) is 37.9 Å². The van der Waals surface area contributed by atoms with E-state index in [1.807, 2.05) is 6.07 Å². The van der Waals surface area contributed by atoms with Crippen LogP contribution in [0.5, 0.6) is 0 Å². The van der Waals surface area contributed by atoms with Crippen molar-refractivity contribution in [3.8, 4) is 0 Å². The van der Waals surface area contributed by atoms with Gasteiger partial charge >= 0.3 is 0 Å². The summed E-state index contributed by atoms with van der Waals surface area (Å²) in [5, 5.41) is 7.11. The third-order valence-corrected chi connectivity index (χ3v) is 4.79. The topological polar surface area (TPSA) is 62.3 Å². The lowest BCUT2D eigenvalue weighted by Crippen LogP contribution is -2.35. The number of halogens is 1. The Morgan fingerprint density at radius 1 is 1.25 bits per heavy atom. The predicted octanol–water partition coefficient (Wildman–Crippen LogP) is 2.98. The van der Waals surface area contributed by atoms with Gasteiger partial charge < -0.3 is 20.3 Å². The van der Waals surface area contributed by atoms with E-state index in [-0.39, 0.29) is 6.10 Å². The van der Waals surface area contributed by atoms with Crippen LogP contribution in [0.15, 0.2) is 6.07 Å². The number of aromatic nitrogens is 2. The Morgan fingerprint density at radius 2 is 2.04 bits per heavy atom. The zero-order valence-electron chi connectivity index (χ0n) is 13.8. The SMILES string of the molecule is S=C(NCC1CCCO1)Nc1nc(Cl)cc(N2CCCCCC2)n1. The van der Waals surface area contributed by atoms with E-state index in [4.69, 9.17) is 28.6 Å². The van der Waals surface area contributed by atoms with E-state index < -0.39 is 0 Å². The van der Waals surface area contributed by atoms with Crippen LogP contribution in [0.4, 0.5) is 11.8 Å². The molecule has 0 radical (unpaired) electrons.